The van der Waals surface area contributed by atoms with Gasteiger partial charge in [-0.15, -0.1) is 5.10 Å². The van der Waals surface area contributed by atoms with Crippen LogP contribution in [0.3, 0.4) is 0 Å². The van der Waals surface area contributed by atoms with Gasteiger partial charge in [0.05, 0.1) is 28.8 Å². The van der Waals surface area contributed by atoms with E-state index in [1.54, 1.807) is 12.4 Å². The van der Waals surface area contributed by atoms with Crippen LogP contribution in [-0.4, -0.2) is 43.0 Å². The molecule has 0 N–H and O–H groups in total. The van der Waals surface area contributed by atoms with Gasteiger partial charge in [0.2, 0.25) is 0 Å². The molecule has 3 aromatic heterocycles. The van der Waals surface area contributed by atoms with Gasteiger partial charge in [-0.2, -0.15) is 0 Å². The third-order valence-corrected chi connectivity index (χ3v) is 5.78. The zero-order valence-electron chi connectivity index (χ0n) is 17.2. The average molecular weight is 431 g/mol. The highest BCUT2D eigenvalue weighted by molar-refractivity contribution is 6.31. The van der Waals surface area contributed by atoms with E-state index < -0.39 is 0 Å². The summed E-state index contributed by atoms with van der Waals surface area (Å²) in [5, 5.41) is 10.5. The molecule has 7 heteroatoms. The maximum Gasteiger partial charge on any atom is 0.0971 e. The van der Waals surface area contributed by atoms with Crippen LogP contribution in [0, 0.1) is 0 Å². The Bertz CT molecular complexity index is 1210. The highest BCUT2D eigenvalue weighted by atomic mass is 35.5. The van der Waals surface area contributed by atoms with Crippen molar-refractivity contribution < 1.29 is 0 Å². The maximum atomic E-state index is 6.29. The number of likely N-dealkylation sites (tertiary alicyclic amines) is 1. The number of fused-ring (bicyclic) bond motifs is 1. The lowest BCUT2D eigenvalue weighted by Gasteiger charge is -2.25. The number of piperidine rings is 1. The van der Waals surface area contributed by atoms with E-state index in [2.05, 4.69) is 20.2 Å². The Kier molecular flexibility index (Phi) is 5.74. The average Bonchev–Trinajstić information content (AvgIpc) is 3.27. The van der Waals surface area contributed by atoms with Crippen molar-refractivity contribution in [2.45, 2.75) is 25.8 Å². The summed E-state index contributed by atoms with van der Waals surface area (Å²) in [5.41, 5.74) is 4.67. The molecule has 1 aromatic carbocycles. The van der Waals surface area contributed by atoms with Gasteiger partial charge in [-0.25, -0.2) is 9.67 Å². The first-order valence-electron chi connectivity index (χ1n) is 10.6. The van der Waals surface area contributed by atoms with E-state index in [1.165, 1.54) is 19.3 Å². The Morgan fingerprint density at radius 2 is 1.81 bits per heavy atom. The van der Waals surface area contributed by atoms with Gasteiger partial charge in [-0.05, 0) is 74.0 Å². The predicted molar refractivity (Wildman–Crippen MR) is 124 cm³/mol. The molecule has 1 aliphatic rings. The van der Waals surface area contributed by atoms with Crippen molar-refractivity contribution in [1.29, 1.82) is 0 Å². The molecule has 0 aliphatic carbocycles. The first-order valence-corrected chi connectivity index (χ1v) is 10.9. The minimum absolute atomic E-state index is 0.671. The van der Waals surface area contributed by atoms with Gasteiger partial charge in [-0.1, -0.05) is 29.3 Å². The Hall–Kier alpha value is -3.09. The van der Waals surface area contributed by atoms with E-state index in [-0.39, 0.29) is 0 Å². The zero-order chi connectivity index (χ0) is 21.0. The molecule has 1 saturated heterocycles. The smallest absolute Gasteiger partial charge is 0.0971 e. The van der Waals surface area contributed by atoms with E-state index in [9.17, 15) is 0 Å². The third kappa shape index (κ3) is 4.65. The molecule has 156 valence electrons. The second-order valence-electron chi connectivity index (χ2n) is 7.83. The maximum absolute atomic E-state index is 6.29. The van der Waals surface area contributed by atoms with Crippen molar-refractivity contribution in [2.24, 2.45) is 0 Å². The standard InChI is InChI=1S/C24H23ClN6/c25-19-5-7-23-22(14-19)24(15-20(27-23)6-4-18-8-10-26-11-9-18)31-17-21(28-29-31)16-30-12-2-1-3-13-30/h4-11,14-15,17H,1-3,12-13,16H2/b6-4+. The Morgan fingerprint density at radius 3 is 2.65 bits per heavy atom. The second kappa shape index (κ2) is 8.96. The molecule has 5 rings (SSSR count). The normalized spacial score (nSPS) is 15.1. The molecule has 0 amide bonds. The number of hydrogen-bond acceptors (Lipinski definition) is 5. The van der Waals surface area contributed by atoms with Gasteiger partial charge in [0.15, 0.2) is 0 Å². The van der Waals surface area contributed by atoms with Crippen LogP contribution in [0.4, 0.5) is 0 Å². The molecule has 0 radical (unpaired) electrons. The molecule has 1 fully saturated rings. The van der Waals surface area contributed by atoms with Crippen molar-refractivity contribution in [2.75, 3.05) is 13.1 Å². The summed E-state index contributed by atoms with van der Waals surface area (Å²) < 4.78 is 1.84. The summed E-state index contributed by atoms with van der Waals surface area (Å²) in [6, 6.07) is 11.7. The zero-order valence-corrected chi connectivity index (χ0v) is 17.9. The van der Waals surface area contributed by atoms with Crippen LogP contribution in [0.2, 0.25) is 5.02 Å². The monoisotopic (exact) mass is 430 g/mol. The first kappa shape index (κ1) is 19.8. The number of rotatable bonds is 5. The van der Waals surface area contributed by atoms with Gasteiger partial charge in [0.25, 0.3) is 0 Å². The van der Waals surface area contributed by atoms with Crippen LogP contribution in [0.25, 0.3) is 28.7 Å². The molecule has 31 heavy (non-hydrogen) atoms. The molecule has 0 bridgehead atoms. The lowest BCUT2D eigenvalue weighted by atomic mass is 10.1. The van der Waals surface area contributed by atoms with Crippen molar-refractivity contribution in [3.05, 3.63) is 77.0 Å². The minimum atomic E-state index is 0.671. The number of pyridine rings is 2. The molecular weight excluding hydrogens is 408 g/mol. The fourth-order valence-electron chi connectivity index (χ4n) is 3.97. The van der Waals surface area contributed by atoms with Gasteiger partial charge < -0.3 is 0 Å². The van der Waals surface area contributed by atoms with Crippen LogP contribution in [0.15, 0.2) is 55.0 Å². The summed E-state index contributed by atoms with van der Waals surface area (Å²) >= 11 is 6.29. The van der Waals surface area contributed by atoms with Crippen LogP contribution >= 0.6 is 11.6 Å². The molecule has 0 saturated carbocycles. The Morgan fingerprint density at radius 1 is 0.968 bits per heavy atom. The molecule has 0 atom stereocenters. The number of hydrogen-bond donors (Lipinski definition) is 0. The van der Waals surface area contributed by atoms with Gasteiger partial charge >= 0.3 is 0 Å². The lowest BCUT2D eigenvalue weighted by Crippen LogP contribution is -2.29. The molecule has 1 aliphatic heterocycles. The summed E-state index contributed by atoms with van der Waals surface area (Å²) in [6.07, 6.45) is 13.4. The Balaban J connectivity index is 1.50. The predicted octanol–water partition coefficient (Wildman–Crippen LogP) is 5.02. The van der Waals surface area contributed by atoms with Gasteiger partial charge in [-0.3, -0.25) is 9.88 Å². The third-order valence-electron chi connectivity index (χ3n) is 5.54. The van der Waals surface area contributed by atoms with Crippen molar-refractivity contribution in [3.8, 4) is 5.69 Å². The summed E-state index contributed by atoms with van der Waals surface area (Å²) in [4.78, 5) is 11.3. The van der Waals surface area contributed by atoms with Crippen LogP contribution in [0.1, 0.15) is 36.2 Å². The van der Waals surface area contributed by atoms with Crippen LogP contribution in [0.5, 0.6) is 0 Å². The molecule has 4 heterocycles. The number of nitrogens with zero attached hydrogens (tertiary/aromatic N) is 6. The van der Waals surface area contributed by atoms with E-state index in [0.29, 0.717) is 5.02 Å². The van der Waals surface area contributed by atoms with E-state index in [1.807, 2.05) is 59.4 Å². The van der Waals surface area contributed by atoms with Crippen molar-refractivity contribution >= 4 is 34.7 Å². The van der Waals surface area contributed by atoms with Crippen molar-refractivity contribution in [1.82, 2.24) is 29.9 Å². The number of aromatic nitrogens is 5. The van der Waals surface area contributed by atoms with Gasteiger partial charge in [0.1, 0.15) is 0 Å². The number of benzene rings is 1. The summed E-state index contributed by atoms with van der Waals surface area (Å²) in [5.74, 6) is 0. The largest absolute Gasteiger partial charge is 0.297 e. The van der Waals surface area contributed by atoms with E-state index in [0.717, 1.165) is 53.2 Å². The Labute approximate surface area is 186 Å². The molecule has 0 unspecified atom stereocenters. The van der Waals surface area contributed by atoms with Crippen LogP contribution in [-0.2, 0) is 6.54 Å². The fraction of sp³-hybridized carbons (Fsp3) is 0.250. The molecule has 4 aromatic rings. The molecule has 0 spiro atoms. The quantitative estimate of drug-likeness (QED) is 0.445. The summed E-state index contributed by atoms with van der Waals surface area (Å²) in [7, 11) is 0. The SMILES string of the molecule is Clc1ccc2nc(/C=C/c3ccncc3)cc(-n3cc(CN4CCCCC4)nn3)c2c1. The first-order chi connectivity index (χ1) is 15.2. The van der Waals surface area contributed by atoms with Gasteiger partial charge in [0, 0.05) is 29.3 Å². The number of halogens is 1. The highest BCUT2D eigenvalue weighted by Gasteiger charge is 2.14. The van der Waals surface area contributed by atoms with Crippen molar-refractivity contribution in [3.63, 3.8) is 0 Å². The van der Waals surface area contributed by atoms with Crippen LogP contribution < -0.4 is 0 Å². The fourth-order valence-corrected chi connectivity index (χ4v) is 4.14. The minimum Gasteiger partial charge on any atom is -0.297 e. The van der Waals surface area contributed by atoms with E-state index >= 15 is 0 Å². The second-order valence-corrected chi connectivity index (χ2v) is 8.27. The highest BCUT2D eigenvalue weighted by Crippen LogP contribution is 2.26. The molecular formula is C24H23ClN6. The molecule has 6 nitrogen and oxygen atoms in total. The lowest BCUT2D eigenvalue weighted by molar-refractivity contribution is 0.218. The summed E-state index contributed by atoms with van der Waals surface area (Å²) in [6.45, 7) is 3.09. The topological polar surface area (TPSA) is 59.7 Å². The van der Waals surface area contributed by atoms with E-state index in [4.69, 9.17) is 16.6 Å².